The highest BCUT2D eigenvalue weighted by Gasteiger charge is 2.28. The van der Waals surface area contributed by atoms with Crippen LogP contribution < -0.4 is 20.3 Å². The zero-order chi connectivity index (χ0) is 17.8. The Kier molecular flexibility index (Phi) is 5.11. The second kappa shape index (κ2) is 7.46. The molecule has 0 unspecified atom stereocenters. The summed E-state index contributed by atoms with van der Waals surface area (Å²) in [4.78, 5) is 26.1. The van der Waals surface area contributed by atoms with Gasteiger partial charge in [0.15, 0.2) is 0 Å². The number of nitrogens with zero attached hydrogens (tertiary/aromatic N) is 1. The van der Waals surface area contributed by atoms with E-state index in [1.54, 1.807) is 14.0 Å². The molecule has 25 heavy (non-hydrogen) atoms. The Labute approximate surface area is 147 Å². The molecular formula is C18H23N3O4. The first kappa shape index (κ1) is 17.1. The van der Waals surface area contributed by atoms with E-state index >= 15 is 0 Å². The number of methoxy groups -OCH3 is 1. The van der Waals surface area contributed by atoms with E-state index in [0.29, 0.717) is 24.4 Å². The van der Waals surface area contributed by atoms with Gasteiger partial charge < -0.3 is 25.0 Å². The van der Waals surface area contributed by atoms with Gasteiger partial charge in [-0.25, -0.2) is 9.59 Å². The van der Waals surface area contributed by atoms with Crippen LogP contribution in [0.25, 0.3) is 0 Å². The Morgan fingerprint density at radius 1 is 1.36 bits per heavy atom. The van der Waals surface area contributed by atoms with Gasteiger partial charge in [-0.05, 0) is 31.4 Å². The number of rotatable bonds is 5. The standard InChI is InChI=1S/C18H23N3O4/c1-3-25-17(22)13-10-19-18(23)20-14(13)11-21-9-5-7-12-6-4-8-15(24-2)16(12)21/h4,6,8H,3,5,7,9-11H2,1-2H3,(H2,19,20,23). The topological polar surface area (TPSA) is 79.9 Å². The fourth-order valence-corrected chi connectivity index (χ4v) is 3.29. The van der Waals surface area contributed by atoms with Crippen LogP contribution in [0.1, 0.15) is 18.9 Å². The minimum Gasteiger partial charge on any atom is -0.495 e. The van der Waals surface area contributed by atoms with Crippen LogP contribution in [0.3, 0.4) is 0 Å². The molecule has 2 amide bonds. The minimum atomic E-state index is -0.401. The fraction of sp³-hybridized carbons (Fsp3) is 0.444. The summed E-state index contributed by atoms with van der Waals surface area (Å²) in [6, 6.07) is 5.70. The molecular weight excluding hydrogens is 322 g/mol. The van der Waals surface area contributed by atoms with Crippen molar-refractivity contribution in [3.63, 3.8) is 0 Å². The van der Waals surface area contributed by atoms with Crippen molar-refractivity contribution in [2.75, 3.05) is 38.3 Å². The Hall–Kier alpha value is -2.70. The monoisotopic (exact) mass is 345 g/mol. The number of hydrogen-bond acceptors (Lipinski definition) is 5. The van der Waals surface area contributed by atoms with E-state index in [2.05, 4.69) is 21.6 Å². The largest absolute Gasteiger partial charge is 0.495 e. The van der Waals surface area contributed by atoms with E-state index in [-0.39, 0.29) is 12.6 Å². The van der Waals surface area contributed by atoms with Gasteiger partial charge in [0, 0.05) is 6.54 Å². The lowest BCUT2D eigenvalue weighted by Crippen LogP contribution is -2.47. The average molecular weight is 345 g/mol. The molecule has 1 aromatic rings. The lowest BCUT2D eigenvalue weighted by atomic mass is 10.00. The second-order valence-corrected chi connectivity index (χ2v) is 5.98. The van der Waals surface area contributed by atoms with Crippen LogP contribution in [0, 0.1) is 0 Å². The third-order valence-corrected chi connectivity index (χ3v) is 4.42. The molecule has 0 spiro atoms. The van der Waals surface area contributed by atoms with Crippen molar-refractivity contribution in [1.82, 2.24) is 10.6 Å². The van der Waals surface area contributed by atoms with Crippen LogP contribution >= 0.6 is 0 Å². The molecule has 7 nitrogen and oxygen atoms in total. The number of urea groups is 1. The van der Waals surface area contributed by atoms with Gasteiger partial charge in [0.1, 0.15) is 5.75 Å². The molecule has 2 heterocycles. The molecule has 2 aliphatic rings. The maximum Gasteiger partial charge on any atom is 0.337 e. The molecule has 134 valence electrons. The van der Waals surface area contributed by atoms with Crippen LogP contribution in [0.4, 0.5) is 10.5 Å². The van der Waals surface area contributed by atoms with Gasteiger partial charge in [0.25, 0.3) is 0 Å². The first-order valence-electron chi connectivity index (χ1n) is 8.48. The zero-order valence-electron chi connectivity index (χ0n) is 14.6. The fourth-order valence-electron chi connectivity index (χ4n) is 3.29. The summed E-state index contributed by atoms with van der Waals surface area (Å²) in [6.07, 6.45) is 2.00. The summed E-state index contributed by atoms with van der Waals surface area (Å²) < 4.78 is 10.6. The predicted octanol–water partition coefficient (Wildman–Crippen LogP) is 1.58. The summed E-state index contributed by atoms with van der Waals surface area (Å²) >= 11 is 0. The smallest absolute Gasteiger partial charge is 0.337 e. The van der Waals surface area contributed by atoms with E-state index < -0.39 is 5.97 Å². The lowest BCUT2D eigenvalue weighted by Gasteiger charge is -2.34. The molecule has 0 radical (unpaired) electrons. The van der Waals surface area contributed by atoms with Crippen molar-refractivity contribution in [2.45, 2.75) is 19.8 Å². The maximum atomic E-state index is 12.2. The third kappa shape index (κ3) is 3.55. The van der Waals surface area contributed by atoms with E-state index in [9.17, 15) is 9.59 Å². The van der Waals surface area contributed by atoms with Crippen LogP contribution in [0.2, 0.25) is 0 Å². The normalized spacial score (nSPS) is 16.7. The summed E-state index contributed by atoms with van der Waals surface area (Å²) in [7, 11) is 1.65. The van der Waals surface area contributed by atoms with E-state index in [0.717, 1.165) is 30.8 Å². The number of esters is 1. The van der Waals surface area contributed by atoms with Gasteiger partial charge in [-0.2, -0.15) is 0 Å². The first-order valence-corrected chi connectivity index (χ1v) is 8.48. The number of para-hydroxylation sites is 1. The predicted molar refractivity (Wildman–Crippen MR) is 93.7 cm³/mol. The molecule has 0 aromatic heterocycles. The van der Waals surface area contributed by atoms with Crippen molar-refractivity contribution in [3.05, 3.63) is 35.0 Å². The van der Waals surface area contributed by atoms with Crippen LogP contribution in [-0.4, -0.2) is 45.4 Å². The molecule has 0 saturated heterocycles. The molecule has 7 heteroatoms. The van der Waals surface area contributed by atoms with Crippen LogP contribution in [0.15, 0.2) is 29.5 Å². The third-order valence-electron chi connectivity index (χ3n) is 4.42. The van der Waals surface area contributed by atoms with E-state index in [1.807, 2.05) is 12.1 Å². The molecule has 3 rings (SSSR count). The van der Waals surface area contributed by atoms with Gasteiger partial charge in [-0.15, -0.1) is 0 Å². The number of amides is 2. The summed E-state index contributed by atoms with van der Waals surface area (Å²) in [5, 5.41) is 5.40. The Morgan fingerprint density at radius 2 is 2.20 bits per heavy atom. The van der Waals surface area contributed by atoms with Gasteiger partial charge in [0.2, 0.25) is 0 Å². The zero-order valence-corrected chi connectivity index (χ0v) is 14.6. The van der Waals surface area contributed by atoms with Gasteiger partial charge in [0.05, 0.1) is 43.8 Å². The van der Waals surface area contributed by atoms with E-state index in [4.69, 9.17) is 9.47 Å². The minimum absolute atomic E-state index is 0.173. The number of nitrogens with one attached hydrogen (secondary N) is 2. The number of carbonyl (C=O) groups excluding carboxylic acids is 2. The molecule has 0 fully saturated rings. The number of hydrogen-bond donors (Lipinski definition) is 2. The molecule has 0 saturated carbocycles. The molecule has 2 N–H and O–H groups in total. The summed E-state index contributed by atoms with van der Waals surface area (Å²) in [6.45, 7) is 3.49. The number of anilines is 1. The van der Waals surface area contributed by atoms with Crippen LogP contribution in [-0.2, 0) is 16.0 Å². The SMILES string of the molecule is CCOC(=O)C1=C(CN2CCCc3cccc(OC)c32)NC(=O)NC1. The van der Waals surface area contributed by atoms with Crippen molar-refractivity contribution >= 4 is 17.7 Å². The first-order chi connectivity index (χ1) is 12.1. The molecule has 1 aromatic carbocycles. The number of ether oxygens (including phenoxy) is 2. The average Bonchev–Trinajstić information content (AvgIpc) is 2.61. The summed E-state index contributed by atoms with van der Waals surface area (Å²) in [5.74, 6) is 0.401. The maximum absolute atomic E-state index is 12.2. The highest BCUT2D eigenvalue weighted by molar-refractivity contribution is 5.94. The van der Waals surface area contributed by atoms with Crippen molar-refractivity contribution in [1.29, 1.82) is 0 Å². The molecule has 0 bridgehead atoms. The molecule has 2 aliphatic heterocycles. The van der Waals surface area contributed by atoms with Crippen molar-refractivity contribution in [2.24, 2.45) is 0 Å². The Morgan fingerprint density at radius 3 is 2.96 bits per heavy atom. The van der Waals surface area contributed by atoms with Gasteiger partial charge in [-0.3, -0.25) is 0 Å². The van der Waals surface area contributed by atoms with Gasteiger partial charge in [-0.1, -0.05) is 12.1 Å². The Bertz CT molecular complexity index is 700. The second-order valence-electron chi connectivity index (χ2n) is 5.98. The number of aryl methyl sites for hydroxylation is 1. The number of benzene rings is 1. The van der Waals surface area contributed by atoms with Crippen molar-refractivity contribution in [3.8, 4) is 5.75 Å². The molecule has 0 atom stereocenters. The molecule has 0 aliphatic carbocycles. The highest BCUT2D eigenvalue weighted by atomic mass is 16.5. The van der Waals surface area contributed by atoms with Crippen molar-refractivity contribution < 1.29 is 19.1 Å². The quantitative estimate of drug-likeness (QED) is 0.792. The highest BCUT2D eigenvalue weighted by Crippen LogP contribution is 2.36. The summed E-state index contributed by atoms with van der Waals surface area (Å²) in [5.41, 5.74) is 3.29. The Balaban J connectivity index is 1.93. The lowest BCUT2D eigenvalue weighted by molar-refractivity contribution is -0.138. The van der Waals surface area contributed by atoms with E-state index in [1.165, 1.54) is 5.56 Å². The van der Waals surface area contributed by atoms with Crippen LogP contribution in [0.5, 0.6) is 5.75 Å². The number of fused-ring (bicyclic) bond motifs is 1. The number of carbonyl (C=O) groups is 2. The van der Waals surface area contributed by atoms with Gasteiger partial charge >= 0.3 is 12.0 Å².